The summed E-state index contributed by atoms with van der Waals surface area (Å²) >= 11 is 0. The molecule has 7 heteroatoms. The van der Waals surface area contributed by atoms with Crippen molar-refractivity contribution in [1.29, 1.82) is 0 Å². The van der Waals surface area contributed by atoms with Gasteiger partial charge < -0.3 is 15.4 Å². The maximum atomic E-state index is 11.4. The van der Waals surface area contributed by atoms with E-state index in [2.05, 4.69) is 20.7 Å². The number of azide groups is 1. The highest BCUT2D eigenvalue weighted by molar-refractivity contribution is 5.67. The fraction of sp³-hybridized carbons (Fsp3) is 0.533. The minimum Gasteiger partial charge on any atom is -0.444 e. The number of carbonyl (C=O) groups excluding carboxylic acids is 1. The predicted molar refractivity (Wildman–Crippen MR) is 85.9 cm³/mol. The molecule has 1 aromatic rings. The number of hydrogen-bond acceptors (Lipinski definition) is 4. The Labute approximate surface area is 130 Å². The summed E-state index contributed by atoms with van der Waals surface area (Å²) < 4.78 is 5.13. The SMILES string of the molecule is Cc1ccc(CNCCNC(=O)OC(C)(C)C)cc1N=[N+]=[N-]. The molecule has 120 valence electrons. The molecule has 0 heterocycles. The van der Waals surface area contributed by atoms with Gasteiger partial charge >= 0.3 is 6.09 Å². The number of rotatable bonds is 6. The van der Waals surface area contributed by atoms with E-state index in [0.717, 1.165) is 11.1 Å². The zero-order chi connectivity index (χ0) is 16.6. The lowest BCUT2D eigenvalue weighted by Gasteiger charge is -2.19. The minimum absolute atomic E-state index is 0.421. The molecule has 1 amide bonds. The van der Waals surface area contributed by atoms with E-state index in [-0.39, 0.29) is 0 Å². The summed E-state index contributed by atoms with van der Waals surface area (Å²) in [6.45, 7) is 9.08. The van der Waals surface area contributed by atoms with Gasteiger partial charge in [0.05, 0.1) is 0 Å². The first-order valence-electron chi connectivity index (χ1n) is 7.14. The van der Waals surface area contributed by atoms with Gasteiger partial charge in [0.1, 0.15) is 5.60 Å². The summed E-state index contributed by atoms with van der Waals surface area (Å²) in [7, 11) is 0. The van der Waals surface area contributed by atoms with Gasteiger partial charge in [0.25, 0.3) is 0 Å². The summed E-state index contributed by atoms with van der Waals surface area (Å²) in [6, 6.07) is 5.74. The lowest BCUT2D eigenvalue weighted by Crippen LogP contribution is -2.36. The molecule has 0 saturated carbocycles. The van der Waals surface area contributed by atoms with E-state index in [1.54, 1.807) is 0 Å². The maximum Gasteiger partial charge on any atom is 0.407 e. The zero-order valence-corrected chi connectivity index (χ0v) is 13.5. The zero-order valence-electron chi connectivity index (χ0n) is 13.5. The number of carbonyl (C=O) groups is 1. The van der Waals surface area contributed by atoms with Crippen molar-refractivity contribution in [3.05, 3.63) is 39.8 Å². The van der Waals surface area contributed by atoms with Crippen LogP contribution in [0.5, 0.6) is 0 Å². The van der Waals surface area contributed by atoms with Gasteiger partial charge in [0.2, 0.25) is 0 Å². The second-order valence-corrected chi connectivity index (χ2v) is 5.92. The van der Waals surface area contributed by atoms with Crippen LogP contribution in [0.4, 0.5) is 10.5 Å². The van der Waals surface area contributed by atoms with Crippen LogP contribution in [0.3, 0.4) is 0 Å². The Balaban J connectivity index is 2.32. The molecule has 7 nitrogen and oxygen atoms in total. The summed E-state index contributed by atoms with van der Waals surface area (Å²) in [5, 5.41) is 9.53. The van der Waals surface area contributed by atoms with Crippen molar-refractivity contribution in [2.24, 2.45) is 5.11 Å². The van der Waals surface area contributed by atoms with Crippen molar-refractivity contribution >= 4 is 11.8 Å². The van der Waals surface area contributed by atoms with Crippen LogP contribution in [0.15, 0.2) is 23.3 Å². The average Bonchev–Trinajstić information content (AvgIpc) is 2.40. The quantitative estimate of drug-likeness (QED) is 0.364. The molecule has 0 aliphatic heterocycles. The number of aryl methyl sites for hydroxylation is 1. The summed E-state index contributed by atoms with van der Waals surface area (Å²) in [4.78, 5) is 14.2. The Morgan fingerprint density at radius 3 is 2.73 bits per heavy atom. The van der Waals surface area contributed by atoms with Crippen LogP contribution < -0.4 is 10.6 Å². The van der Waals surface area contributed by atoms with Crippen LogP contribution >= 0.6 is 0 Å². The molecule has 0 aliphatic carbocycles. The first-order valence-corrected chi connectivity index (χ1v) is 7.14. The smallest absolute Gasteiger partial charge is 0.407 e. The molecule has 0 aliphatic rings. The van der Waals surface area contributed by atoms with Crippen LogP contribution in [-0.4, -0.2) is 24.8 Å². The number of hydrogen-bond donors (Lipinski definition) is 2. The van der Waals surface area contributed by atoms with Crippen LogP contribution in [0, 0.1) is 6.92 Å². The molecule has 0 saturated heterocycles. The Bertz CT molecular complexity index is 560. The van der Waals surface area contributed by atoms with E-state index >= 15 is 0 Å². The molecule has 0 aromatic heterocycles. The monoisotopic (exact) mass is 305 g/mol. The number of nitrogens with one attached hydrogen (secondary N) is 2. The molecular weight excluding hydrogens is 282 g/mol. The van der Waals surface area contributed by atoms with Crippen LogP contribution in [0.25, 0.3) is 10.4 Å². The fourth-order valence-corrected chi connectivity index (χ4v) is 1.72. The second-order valence-electron chi connectivity index (χ2n) is 5.92. The van der Waals surface area contributed by atoms with E-state index in [9.17, 15) is 4.79 Å². The van der Waals surface area contributed by atoms with Crippen molar-refractivity contribution in [2.75, 3.05) is 13.1 Å². The van der Waals surface area contributed by atoms with Gasteiger partial charge in [-0.3, -0.25) is 0 Å². The van der Waals surface area contributed by atoms with E-state index in [1.807, 2.05) is 45.9 Å². The summed E-state index contributed by atoms with van der Waals surface area (Å²) in [5.41, 5.74) is 10.6. The highest BCUT2D eigenvalue weighted by atomic mass is 16.6. The number of benzene rings is 1. The number of nitrogens with zero attached hydrogens (tertiary/aromatic N) is 3. The molecule has 1 aromatic carbocycles. The molecule has 22 heavy (non-hydrogen) atoms. The second kappa shape index (κ2) is 8.26. The lowest BCUT2D eigenvalue weighted by molar-refractivity contribution is 0.0528. The highest BCUT2D eigenvalue weighted by Crippen LogP contribution is 2.20. The van der Waals surface area contributed by atoms with Crippen molar-refractivity contribution in [1.82, 2.24) is 10.6 Å². The topological polar surface area (TPSA) is 99.1 Å². The standard InChI is InChI=1S/C15H23N5O2/c1-11-5-6-12(9-13(11)19-20-16)10-17-7-8-18-14(21)22-15(2,3)4/h5-6,9,17H,7-8,10H2,1-4H3,(H,18,21). The predicted octanol–water partition coefficient (Wildman–Crippen LogP) is 3.55. The van der Waals surface area contributed by atoms with Crippen LogP contribution in [-0.2, 0) is 11.3 Å². The third kappa shape index (κ3) is 6.97. The molecule has 1 rings (SSSR count). The van der Waals surface area contributed by atoms with Gasteiger partial charge in [-0.05, 0) is 50.4 Å². The summed E-state index contributed by atoms with van der Waals surface area (Å²) in [5.74, 6) is 0. The number of amides is 1. The van der Waals surface area contributed by atoms with Gasteiger partial charge in [-0.2, -0.15) is 0 Å². The molecular formula is C15H23N5O2. The van der Waals surface area contributed by atoms with Gasteiger partial charge in [-0.15, -0.1) is 0 Å². The van der Waals surface area contributed by atoms with Gasteiger partial charge in [0.15, 0.2) is 0 Å². The number of ether oxygens (including phenoxy) is 1. The van der Waals surface area contributed by atoms with Crippen molar-refractivity contribution in [3.63, 3.8) is 0 Å². The Morgan fingerprint density at radius 2 is 2.09 bits per heavy atom. The van der Waals surface area contributed by atoms with Crippen molar-refractivity contribution < 1.29 is 9.53 Å². The summed E-state index contributed by atoms with van der Waals surface area (Å²) in [6.07, 6.45) is -0.421. The van der Waals surface area contributed by atoms with Gasteiger partial charge in [0, 0.05) is 30.2 Å². The molecule has 0 radical (unpaired) electrons. The molecule has 0 bridgehead atoms. The van der Waals surface area contributed by atoms with Crippen LogP contribution in [0.2, 0.25) is 0 Å². The first-order chi connectivity index (χ1) is 10.3. The number of alkyl carbamates (subject to hydrolysis) is 1. The van der Waals surface area contributed by atoms with E-state index < -0.39 is 11.7 Å². The van der Waals surface area contributed by atoms with Crippen LogP contribution in [0.1, 0.15) is 31.9 Å². The molecule has 2 N–H and O–H groups in total. The first kappa shape index (κ1) is 17.8. The molecule has 0 unspecified atom stereocenters. The molecule has 0 spiro atoms. The third-order valence-corrected chi connectivity index (χ3v) is 2.73. The van der Waals surface area contributed by atoms with Crippen molar-refractivity contribution in [3.8, 4) is 0 Å². The van der Waals surface area contributed by atoms with E-state index in [0.29, 0.717) is 25.3 Å². The highest BCUT2D eigenvalue weighted by Gasteiger charge is 2.15. The fourth-order valence-electron chi connectivity index (χ4n) is 1.72. The third-order valence-electron chi connectivity index (χ3n) is 2.73. The molecule has 0 atom stereocenters. The normalized spacial score (nSPS) is 10.7. The van der Waals surface area contributed by atoms with E-state index in [4.69, 9.17) is 10.3 Å². The Kier molecular flexibility index (Phi) is 6.69. The lowest BCUT2D eigenvalue weighted by atomic mass is 10.1. The van der Waals surface area contributed by atoms with Gasteiger partial charge in [-0.1, -0.05) is 17.2 Å². The average molecular weight is 305 g/mol. The minimum atomic E-state index is -0.489. The largest absolute Gasteiger partial charge is 0.444 e. The van der Waals surface area contributed by atoms with E-state index in [1.165, 1.54) is 0 Å². The van der Waals surface area contributed by atoms with Crippen molar-refractivity contribution in [2.45, 2.75) is 39.8 Å². The molecule has 0 fully saturated rings. The Hall–Kier alpha value is -2.24. The van der Waals surface area contributed by atoms with Gasteiger partial charge in [-0.25, -0.2) is 4.79 Å². The Morgan fingerprint density at radius 1 is 1.36 bits per heavy atom. The maximum absolute atomic E-state index is 11.4.